The van der Waals surface area contributed by atoms with Crippen molar-refractivity contribution in [1.82, 2.24) is 67.3 Å². The normalized spacial score (nSPS) is 29.5. The number of imidazole rings is 1. The molecule has 0 saturated carbocycles. The number of methoxy groups -OCH3 is 5. The van der Waals surface area contributed by atoms with Crippen molar-refractivity contribution in [2.24, 2.45) is 0 Å². The van der Waals surface area contributed by atoms with Crippen LogP contribution in [0.25, 0.3) is 11.2 Å². The lowest BCUT2D eigenvalue weighted by molar-refractivity contribution is -0.0839. The van der Waals surface area contributed by atoms with E-state index in [0.717, 1.165) is 43.2 Å². The number of hydrogen-bond acceptors (Lipinski definition) is 47. The summed E-state index contributed by atoms with van der Waals surface area (Å²) in [6.45, 7) is -22.0. The standard InChI is InChI=1S/C75H109N16O41P5S5/c1-35-23-86(71(97)81-59(35)76)47-22-41(40(6)122-47)128-133(102,138)118-29-43-50(55(113-18-13-108-8)67(124-43)88-25-37(3)63(94)83-73(88)99)129-135(104,140)119-30-44-51(56(114-19-14-109-9)68(125-44)89-26-38(4)64(95)84-74(89)100)130-136(105,141)120-31-45-52(57(115-20-15-110-10)69(126-45)90-27-39(5)65(96)85-75(90)101)131-137(106,142)121-32-46-53(58(116-21-16-111-11)70(127-46)91-34-80-48-60(77)78-33-79-61(48)91)132-134(103,139)117-28-42-49(92)54(112-17-12-107-7)66(123-42)87-24-36(2)62(93)82-72(87)98/h23-27,33-34,40-47,49-58,66-70,92H,12-22,28-32H2,1-11H3,(H,102,138)(H,103,139)(H,104,140)(H,105,141)(H,106,142)(H2,76,81,97)(H2,77,78,79)(H,82,93,98)(H,83,94,99)(H,84,95,100)(H,85,96,101)/t40-,41-,42-,43-,44-,45-,46-,47-,49+,50+,51+,52+,53+,54?,55?,56?,57?,58?,66-,67-,68-,69-,70-,133?,134?,135?,136?,137?/m1/s1. The zero-order valence-corrected chi connectivity index (χ0v) is 86.1. The Kier molecular flexibility index (Phi) is 39.0. The second-order valence-corrected chi connectivity index (χ2v) is 46.7. The third-order valence-electron chi connectivity index (χ3n) is 22.9. The Hall–Kier alpha value is -6.28. The summed E-state index contributed by atoms with van der Waals surface area (Å²) < 4.78 is 165. The van der Waals surface area contributed by atoms with Crippen LogP contribution >= 0.6 is 33.6 Å². The summed E-state index contributed by atoms with van der Waals surface area (Å²) in [6.07, 6.45) is -27.3. The van der Waals surface area contributed by atoms with Gasteiger partial charge in [-0.25, -0.2) is 38.9 Å². The van der Waals surface area contributed by atoms with E-state index in [1.165, 1.54) is 91.1 Å². The van der Waals surface area contributed by atoms with E-state index in [1.807, 2.05) is 0 Å². The molecule has 6 fully saturated rings. The number of aryl methyl sites for hydroxylation is 5. The molecule has 0 amide bonds. The maximum Gasteiger partial charge on any atom is 0.351 e. The van der Waals surface area contributed by atoms with Crippen LogP contribution in [0.2, 0.25) is 0 Å². The van der Waals surface area contributed by atoms with Crippen molar-refractivity contribution in [1.29, 1.82) is 0 Å². The van der Waals surface area contributed by atoms with Crippen LogP contribution in [0, 0.1) is 34.6 Å². The predicted octanol–water partition coefficient (Wildman–Crippen LogP) is -2.60. The molecule has 0 spiro atoms. The fourth-order valence-corrected chi connectivity index (χ4v) is 23.2. The summed E-state index contributed by atoms with van der Waals surface area (Å²) in [4.78, 5) is 208. The van der Waals surface area contributed by atoms with E-state index in [1.54, 1.807) is 13.8 Å². The van der Waals surface area contributed by atoms with Gasteiger partial charge in [-0.1, -0.05) is 0 Å². The number of hydrogen-bond donors (Lipinski definition) is 12. The van der Waals surface area contributed by atoms with Crippen molar-refractivity contribution in [3.63, 3.8) is 0 Å². The molecular formula is C75H109N16O41P5S5. The second-order valence-electron chi connectivity index (χ2n) is 32.7. The first-order chi connectivity index (χ1) is 67.3. The molecule has 7 aromatic rings. The first-order valence-electron chi connectivity index (χ1n) is 43.3. The van der Waals surface area contributed by atoms with Crippen LogP contribution in [-0.2, 0) is 180 Å². The SMILES string of the molecule is COCCOC1[C@@H](O)[C@@H](COP(O)(=S)O[C@@H]2C(OCCOC)[C@H](n3cnc4c(N)ncnc43)O[C@@H]2COP(O)(=S)O[C@@H]2C(OCCOC)[C@H](n3cc(C)c(=O)[nH]c3=O)O[C@@H]2COP(O)(=S)O[C@@H]2C(OCCOC)[C@H](n3cc(C)c(=O)[nH]c3=O)O[C@@H]2COP(O)(=S)O[C@@H]2C(OCCOC)[C@H](n3cc(C)c(=O)[nH]c3=O)O[C@@H]2COP(O)(=S)O[C@@H]2C[C@H](n3cc(C)c(N)nc3=O)O[C@@H]2C)O[C@H]1n1cc(C)c(=O)[nH]c1=O. The first-order valence-corrected chi connectivity index (χ1v) is 56.2. The Labute approximate surface area is 829 Å². The highest BCUT2D eigenvalue weighted by atomic mass is 32.5. The number of aromatic amines is 4. The molecule has 6 aliphatic heterocycles. The third kappa shape index (κ3) is 27.5. The lowest BCUT2D eigenvalue weighted by atomic mass is 10.1. The number of fused-ring (bicyclic) bond motifs is 1. The second kappa shape index (κ2) is 49.0. The lowest BCUT2D eigenvalue weighted by Crippen LogP contribution is -2.42. The summed E-state index contributed by atoms with van der Waals surface area (Å²) in [5.74, 6) is -0.0670. The Morgan fingerprint density at radius 2 is 0.676 bits per heavy atom. The van der Waals surface area contributed by atoms with Crippen molar-refractivity contribution >= 4 is 115 Å². The molecule has 790 valence electrons. The number of rotatable bonds is 51. The number of ether oxygens (including phenoxy) is 16. The van der Waals surface area contributed by atoms with Crippen LogP contribution in [0.15, 0.2) is 86.8 Å². The maximum atomic E-state index is 14.1. The Balaban J connectivity index is 0.796. The molecule has 13 rings (SSSR count). The van der Waals surface area contributed by atoms with Crippen molar-refractivity contribution in [2.75, 3.05) is 146 Å². The summed E-state index contributed by atoms with van der Waals surface area (Å²) in [5, 5.41) is 11.8. The third-order valence-corrected chi connectivity index (χ3v) is 30.7. The first kappa shape index (κ1) is 113. The number of anilines is 2. The molecule has 6 aliphatic rings. The van der Waals surface area contributed by atoms with Crippen molar-refractivity contribution in [2.45, 2.75) is 189 Å². The largest absolute Gasteiger partial charge is 0.387 e. The minimum Gasteiger partial charge on any atom is -0.387 e. The molecule has 28 atom stereocenters. The van der Waals surface area contributed by atoms with Crippen LogP contribution < -0.4 is 62.2 Å². The number of aliphatic hydroxyl groups is 1. The van der Waals surface area contributed by atoms with Gasteiger partial charge >= 0.3 is 62.0 Å². The predicted molar refractivity (Wildman–Crippen MR) is 506 cm³/mol. The van der Waals surface area contributed by atoms with Crippen LogP contribution in [-0.4, -0.2) is 335 Å². The molecule has 6 saturated heterocycles. The fourth-order valence-electron chi connectivity index (χ4n) is 15.9. The molecular weight excluding hydrogens is 2100 g/mol. The van der Waals surface area contributed by atoms with Gasteiger partial charge in [0.1, 0.15) is 115 Å². The van der Waals surface area contributed by atoms with E-state index < -0.39 is 258 Å². The maximum absolute atomic E-state index is 14.1. The Morgan fingerprint density at radius 3 is 1.01 bits per heavy atom. The van der Waals surface area contributed by atoms with Crippen molar-refractivity contribution in [3.05, 3.63) is 165 Å². The smallest absolute Gasteiger partial charge is 0.351 e. The Morgan fingerprint density at radius 1 is 0.380 bits per heavy atom. The molecule has 0 radical (unpaired) electrons. The van der Waals surface area contributed by atoms with Gasteiger partial charge in [0.2, 0.25) is 0 Å². The van der Waals surface area contributed by atoms with Crippen LogP contribution in [0.4, 0.5) is 11.6 Å². The van der Waals surface area contributed by atoms with Gasteiger partial charge in [0, 0.05) is 101 Å². The van der Waals surface area contributed by atoms with E-state index in [9.17, 15) is 72.7 Å². The molecule has 7 aromatic heterocycles. The highest BCUT2D eigenvalue weighted by Gasteiger charge is 2.58. The molecule has 13 heterocycles. The number of nitrogens with two attached hydrogens (primary N) is 2. The van der Waals surface area contributed by atoms with Gasteiger partial charge in [-0.2, -0.15) is 4.98 Å². The van der Waals surface area contributed by atoms with Gasteiger partial charge in [0.25, 0.3) is 22.2 Å². The number of nitrogens with zero attached hydrogens (tertiary/aromatic N) is 10. The number of H-pyrrole nitrogens is 4. The molecule has 67 heteroatoms. The number of aromatic nitrogens is 14. The number of nitrogens with one attached hydrogen (secondary N) is 4. The summed E-state index contributed by atoms with van der Waals surface area (Å²) >= 11 is 28.7. The average molecular weight is 2210 g/mol. The Bertz CT molecular complexity index is 6420. The van der Waals surface area contributed by atoms with Crippen LogP contribution in [0.5, 0.6) is 0 Å². The molecule has 0 aromatic carbocycles. The van der Waals surface area contributed by atoms with Crippen molar-refractivity contribution in [3.8, 4) is 0 Å². The quantitative estimate of drug-likeness (QED) is 0.0137. The van der Waals surface area contributed by atoms with Gasteiger partial charge in [0.05, 0.1) is 118 Å². The van der Waals surface area contributed by atoms with Crippen molar-refractivity contribution < 1.29 is 151 Å². The molecule has 142 heavy (non-hydrogen) atoms. The minimum atomic E-state index is -5.10. The van der Waals surface area contributed by atoms with E-state index in [2.05, 4.69) is 39.9 Å². The van der Waals surface area contributed by atoms with Gasteiger partial charge in [-0.05, 0) is 101 Å². The molecule has 0 bridgehead atoms. The monoisotopic (exact) mass is 2200 g/mol. The summed E-state index contributed by atoms with van der Waals surface area (Å²) in [6, 6.07) is 0. The summed E-state index contributed by atoms with van der Waals surface area (Å²) in [7, 11) is 6.78. The minimum absolute atomic E-state index is 0.00454. The zero-order chi connectivity index (χ0) is 103. The molecule has 10 unspecified atom stereocenters. The van der Waals surface area contributed by atoms with Crippen LogP contribution in [0.3, 0.4) is 0 Å². The molecule has 14 N–H and O–H groups in total. The highest BCUT2D eigenvalue weighted by Crippen LogP contribution is 2.58. The lowest BCUT2D eigenvalue weighted by Gasteiger charge is -2.31. The van der Waals surface area contributed by atoms with Crippen LogP contribution in [0.1, 0.15) is 78.5 Å². The number of aliphatic hydroxyl groups excluding tert-OH is 1. The highest BCUT2D eigenvalue weighted by molar-refractivity contribution is 8.08. The molecule has 0 aliphatic carbocycles. The van der Waals surface area contributed by atoms with E-state index in [-0.39, 0.29) is 118 Å². The van der Waals surface area contributed by atoms with Gasteiger partial charge in [-0.15, -0.1) is 0 Å². The fraction of sp³-hybridized carbons (Fsp3) is 0.667. The van der Waals surface area contributed by atoms with Gasteiger partial charge in [-0.3, -0.25) is 84.6 Å². The topological polar surface area (TPSA) is 711 Å². The number of nitrogen functional groups attached to an aromatic ring is 2. The van der Waals surface area contributed by atoms with E-state index in [4.69, 9.17) is 192 Å². The van der Waals surface area contributed by atoms with Gasteiger partial charge < -0.3 is 144 Å². The van der Waals surface area contributed by atoms with E-state index in [0.29, 0.717) is 5.56 Å². The summed E-state index contributed by atoms with van der Waals surface area (Å²) in [5.41, 5.74) is 4.79. The van der Waals surface area contributed by atoms with E-state index >= 15 is 0 Å². The molecule has 57 nitrogen and oxygen atoms in total. The average Bonchev–Trinajstić information content (AvgIpc) is 1.69. The van der Waals surface area contributed by atoms with Gasteiger partial charge in [0.15, 0.2) is 42.6 Å². The zero-order valence-electron chi connectivity index (χ0n) is 77.5.